The van der Waals surface area contributed by atoms with Crippen molar-refractivity contribution in [3.63, 3.8) is 0 Å². The summed E-state index contributed by atoms with van der Waals surface area (Å²) in [6, 6.07) is 3.32. The average Bonchev–Trinajstić information content (AvgIpc) is 2.77. The maximum Gasteiger partial charge on any atom is 0.276 e. The number of hydrogen-bond donors (Lipinski definition) is 2. The minimum Gasteiger partial charge on any atom is -0.397 e. The van der Waals surface area contributed by atoms with Crippen molar-refractivity contribution in [2.24, 2.45) is 0 Å². The van der Waals surface area contributed by atoms with Gasteiger partial charge < -0.3 is 11.1 Å². The normalized spacial score (nSPS) is 10.2. The predicted molar refractivity (Wildman–Crippen MR) is 64.5 cm³/mol. The Kier molecular flexibility index (Phi) is 3.04. The molecule has 2 aromatic rings. The van der Waals surface area contributed by atoms with Crippen molar-refractivity contribution < 1.29 is 4.79 Å². The van der Waals surface area contributed by atoms with Gasteiger partial charge in [-0.25, -0.2) is 4.98 Å². The number of carbonyl (C=O) groups is 1. The van der Waals surface area contributed by atoms with E-state index in [0.29, 0.717) is 11.4 Å². The van der Waals surface area contributed by atoms with Crippen LogP contribution in [0.5, 0.6) is 0 Å². The van der Waals surface area contributed by atoms with E-state index in [-0.39, 0.29) is 11.6 Å². The van der Waals surface area contributed by atoms with Crippen LogP contribution in [0, 0.1) is 0 Å². The monoisotopic (exact) mass is 231 g/mol. The summed E-state index contributed by atoms with van der Waals surface area (Å²) in [5, 5.41) is 6.74. The first-order valence-corrected chi connectivity index (χ1v) is 5.25. The quantitative estimate of drug-likeness (QED) is 0.829. The van der Waals surface area contributed by atoms with Crippen LogP contribution >= 0.6 is 0 Å². The Morgan fingerprint density at radius 1 is 1.59 bits per heavy atom. The number of nitrogen functional groups attached to an aromatic ring is 1. The van der Waals surface area contributed by atoms with Gasteiger partial charge in [0.2, 0.25) is 0 Å². The zero-order chi connectivity index (χ0) is 12.3. The number of amides is 1. The number of aryl methyl sites for hydroxylation is 1. The molecule has 6 heteroatoms. The number of nitrogens with one attached hydrogen (secondary N) is 1. The van der Waals surface area contributed by atoms with Crippen LogP contribution in [0.25, 0.3) is 0 Å². The lowest BCUT2D eigenvalue weighted by Crippen LogP contribution is -2.15. The summed E-state index contributed by atoms with van der Waals surface area (Å²) in [6.45, 7) is 2.72. The molecule has 0 aromatic carbocycles. The number of carbonyl (C=O) groups excluding carboxylic acids is 1. The largest absolute Gasteiger partial charge is 0.397 e. The molecule has 0 unspecified atom stereocenters. The number of nitrogens with two attached hydrogens (primary N) is 1. The van der Waals surface area contributed by atoms with Gasteiger partial charge in [0.1, 0.15) is 0 Å². The van der Waals surface area contributed by atoms with Gasteiger partial charge in [-0.2, -0.15) is 5.10 Å². The predicted octanol–water partition coefficient (Wildman–Crippen LogP) is 1.13. The van der Waals surface area contributed by atoms with E-state index in [2.05, 4.69) is 15.4 Å². The molecular formula is C11H13N5O. The Hall–Kier alpha value is -2.37. The molecule has 17 heavy (non-hydrogen) atoms. The van der Waals surface area contributed by atoms with Crippen LogP contribution in [0.3, 0.4) is 0 Å². The Morgan fingerprint density at radius 3 is 3.06 bits per heavy atom. The standard InChI is InChI=1S/C11H13N5O/c1-2-16-7-8(6-14-16)15-11(17)10-9(12)4-3-5-13-10/h3-7H,2,12H2,1H3,(H,15,17). The number of pyridine rings is 1. The lowest BCUT2D eigenvalue weighted by atomic mass is 10.3. The van der Waals surface area contributed by atoms with E-state index in [9.17, 15) is 4.79 Å². The smallest absolute Gasteiger partial charge is 0.276 e. The Bertz CT molecular complexity index is 534. The highest BCUT2D eigenvalue weighted by Gasteiger charge is 2.11. The summed E-state index contributed by atoms with van der Waals surface area (Å²) in [7, 11) is 0. The first kappa shape index (κ1) is 11.1. The van der Waals surface area contributed by atoms with Crippen molar-refractivity contribution in [3.05, 3.63) is 36.4 Å². The number of aromatic nitrogens is 3. The molecule has 0 radical (unpaired) electrons. The van der Waals surface area contributed by atoms with Crippen LogP contribution in [0.4, 0.5) is 11.4 Å². The second-order valence-corrected chi connectivity index (χ2v) is 3.48. The minimum absolute atomic E-state index is 0.219. The molecule has 0 saturated heterocycles. The van der Waals surface area contributed by atoms with Crippen LogP contribution in [0.2, 0.25) is 0 Å². The third-order valence-electron chi connectivity index (χ3n) is 2.27. The van der Waals surface area contributed by atoms with E-state index in [1.165, 1.54) is 6.20 Å². The van der Waals surface area contributed by atoms with Gasteiger partial charge in [0.25, 0.3) is 5.91 Å². The van der Waals surface area contributed by atoms with Crippen LogP contribution < -0.4 is 11.1 Å². The molecule has 1 amide bonds. The zero-order valence-corrected chi connectivity index (χ0v) is 9.42. The molecule has 2 aromatic heterocycles. The van der Waals surface area contributed by atoms with Crippen molar-refractivity contribution in [2.75, 3.05) is 11.1 Å². The van der Waals surface area contributed by atoms with Gasteiger partial charge in [0.05, 0.1) is 17.6 Å². The molecule has 0 aliphatic rings. The zero-order valence-electron chi connectivity index (χ0n) is 9.42. The fraction of sp³-hybridized carbons (Fsp3) is 0.182. The van der Waals surface area contributed by atoms with E-state index in [1.807, 2.05) is 6.92 Å². The van der Waals surface area contributed by atoms with Crippen molar-refractivity contribution in [1.82, 2.24) is 14.8 Å². The Morgan fingerprint density at radius 2 is 2.41 bits per heavy atom. The minimum atomic E-state index is -0.334. The fourth-order valence-corrected chi connectivity index (χ4v) is 1.40. The summed E-state index contributed by atoms with van der Waals surface area (Å²) in [5.74, 6) is -0.334. The number of hydrogen-bond acceptors (Lipinski definition) is 4. The second kappa shape index (κ2) is 4.65. The third-order valence-corrected chi connectivity index (χ3v) is 2.27. The average molecular weight is 231 g/mol. The summed E-state index contributed by atoms with van der Waals surface area (Å²) < 4.78 is 1.72. The summed E-state index contributed by atoms with van der Waals surface area (Å²) in [4.78, 5) is 15.8. The van der Waals surface area contributed by atoms with Gasteiger partial charge in [-0.3, -0.25) is 9.48 Å². The summed E-state index contributed by atoms with van der Waals surface area (Å²) in [5.41, 5.74) is 6.86. The van der Waals surface area contributed by atoms with Gasteiger partial charge in [-0.05, 0) is 19.1 Å². The molecule has 88 valence electrons. The second-order valence-electron chi connectivity index (χ2n) is 3.48. The highest BCUT2D eigenvalue weighted by molar-refractivity contribution is 6.05. The molecule has 0 aliphatic heterocycles. The van der Waals surface area contributed by atoms with E-state index in [4.69, 9.17) is 5.73 Å². The molecule has 0 atom stereocenters. The SMILES string of the molecule is CCn1cc(NC(=O)c2ncccc2N)cn1. The van der Waals surface area contributed by atoms with E-state index in [1.54, 1.807) is 29.2 Å². The molecule has 2 heterocycles. The first-order valence-electron chi connectivity index (χ1n) is 5.25. The van der Waals surface area contributed by atoms with E-state index < -0.39 is 0 Å². The maximum atomic E-state index is 11.8. The van der Waals surface area contributed by atoms with Crippen LogP contribution in [0.15, 0.2) is 30.7 Å². The lowest BCUT2D eigenvalue weighted by Gasteiger charge is -2.03. The van der Waals surface area contributed by atoms with Gasteiger partial charge >= 0.3 is 0 Å². The van der Waals surface area contributed by atoms with Gasteiger partial charge in [0.15, 0.2) is 5.69 Å². The maximum absolute atomic E-state index is 11.8. The third kappa shape index (κ3) is 2.41. The molecular weight excluding hydrogens is 218 g/mol. The molecule has 6 nitrogen and oxygen atoms in total. The van der Waals surface area contributed by atoms with Crippen LogP contribution in [-0.4, -0.2) is 20.7 Å². The topological polar surface area (TPSA) is 85.8 Å². The van der Waals surface area contributed by atoms with Gasteiger partial charge in [-0.1, -0.05) is 0 Å². The molecule has 3 N–H and O–H groups in total. The molecule has 2 rings (SSSR count). The summed E-state index contributed by atoms with van der Waals surface area (Å²) >= 11 is 0. The van der Waals surface area contributed by atoms with E-state index >= 15 is 0 Å². The van der Waals surface area contributed by atoms with Crippen molar-refractivity contribution >= 4 is 17.3 Å². The number of anilines is 2. The van der Waals surface area contributed by atoms with Crippen molar-refractivity contribution in [1.29, 1.82) is 0 Å². The number of rotatable bonds is 3. The van der Waals surface area contributed by atoms with Gasteiger partial charge in [0, 0.05) is 18.9 Å². The van der Waals surface area contributed by atoms with Crippen molar-refractivity contribution in [2.45, 2.75) is 13.5 Å². The lowest BCUT2D eigenvalue weighted by molar-refractivity contribution is 0.102. The van der Waals surface area contributed by atoms with E-state index in [0.717, 1.165) is 6.54 Å². The first-order chi connectivity index (χ1) is 8.20. The highest BCUT2D eigenvalue weighted by Crippen LogP contribution is 2.11. The van der Waals surface area contributed by atoms with Crippen LogP contribution in [-0.2, 0) is 6.54 Å². The molecule has 0 saturated carbocycles. The molecule has 0 spiro atoms. The highest BCUT2D eigenvalue weighted by atomic mass is 16.1. The summed E-state index contributed by atoms with van der Waals surface area (Å²) in [6.07, 6.45) is 4.86. The van der Waals surface area contributed by atoms with Crippen molar-refractivity contribution in [3.8, 4) is 0 Å². The van der Waals surface area contributed by atoms with Gasteiger partial charge in [-0.15, -0.1) is 0 Å². The Labute approximate surface area is 98.5 Å². The molecule has 0 bridgehead atoms. The Balaban J connectivity index is 2.14. The van der Waals surface area contributed by atoms with Crippen LogP contribution in [0.1, 0.15) is 17.4 Å². The fourth-order valence-electron chi connectivity index (χ4n) is 1.40. The molecule has 0 aliphatic carbocycles. The number of nitrogens with zero attached hydrogens (tertiary/aromatic N) is 3. The molecule has 0 fully saturated rings.